The molecule has 0 heterocycles. The van der Waals surface area contributed by atoms with Gasteiger partial charge in [-0.15, -0.1) is 0 Å². The van der Waals surface area contributed by atoms with E-state index in [1.54, 1.807) is 11.9 Å². The van der Waals surface area contributed by atoms with Crippen molar-refractivity contribution in [1.82, 2.24) is 0 Å². The molecule has 2 heteroatoms. The van der Waals surface area contributed by atoms with Crippen LogP contribution in [-0.4, -0.2) is 6.26 Å². The van der Waals surface area contributed by atoms with Crippen molar-refractivity contribution < 1.29 is 0 Å². The van der Waals surface area contributed by atoms with Crippen LogP contribution in [-0.2, 0) is 0 Å². The first-order chi connectivity index (χ1) is 5.25. The fourth-order valence-corrected chi connectivity index (χ4v) is 1.60. The van der Waals surface area contributed by atoms with Crippen molar-refractivity contribution in [3.8, 4) is 0 Å². The smallest absolute Gasteiger partial charge is 0.0498 e. The monoisotopic (exact) mass is 167 g/mol. The standard InChI is InChI=1S/C9H13NS/c1-7-5-4-6-8(2)9(7)10-11-3/h4-6,10H,1-3H3. The summed E-state index contributed by atoms with van der Waals surface area (Å²) in [6.45, 7) is 4.23. The van der Waals surface area contributed by atoms with Crippen LogP contribution < -0.4 is 4.72 Å². The highest BCUT2D eigenvalue weighted by atomic mass is 32.2. The van der Waals surface area contributed by atoms with E-state index >= 15 is 0 Å². The van der Waals surface area contributed by atoms with E-state index in [-0.39, 0.29) is 0 Å². The summed E-state index contributed by atoms with van der Waals surface area (Å²) in [5.74, 6) is 0. The van der Waals surface area contributed by atoms with Crippen molar-refractivity contribution >= 4 is 17.6 Å². The van der Waals surface area contributed by atoms with E-state index in [0.29, 0.717) is 0 Å². The van der Waals surface area contributed by atoms with Crippen LogP contribution in [0.1, 0.15) is 11.1 Å². The molecule has 0 spiro atoms. The number of anilines is 1. The Labute approximate surface area is 72.3 Å². The molecular weight excluding hydrogens is 154 g/mol. The van der Waals surface area contributed by atoms with Crippen LogP contribution in [0, 0.1) is 13.8 Å². The van der Waals surface area contributed by atoms with Gasteiger partial charge in [-0.3, -0.25) is 0 Å². The molecule has 0 aliphatic heterocycles. The predicted molar refractivity (Wildman–Crippen MR) is 53.1 cm³/mol. The average molecular weight is 167 g/mol. The fourth-order valence-electron chi connectivity index (χ4n) is 1.08. The van der Waals surface area contributed by atoms with Gasteiger partial charge in [0, 0.05) is 11.9 Å². The highest BCUT2D eigenvalue weighted by molar-refractivity contribution is 7.99. The number of para-hydroxylation sites is 1. The maximum atomic E-state index is 3.26. The Morgan fingerprint density at radius 3 is 2.18 bits per heavy atom. The molecule has 1 N–H and O–H groups in total. The second-order valence-corrected chi connectivity index (χ2v) is 3.19. The largest absolute Gasteiger partial charge is 0.329 e. The summed E-state index contributed by atoms with van der Waals surface area (Å²) in [6, 6.07) is 6.31. The molecule has 0 radical (unpaired) electrons. The molecule has 0 atom stereocenters. The third kappa shape index (κ3) is 1.90. The second-order valence-electron chi connectivity index (χ2n) is 2.57. The Balaban J connectivity index is 3.00. The van der Waals surface area contributed by atoms with Crippen LogP contribution in [0.25, 0.3) is 0 Å². The average Bonchev–Trinajstić information content (AvgIpc) is 1.97. The Bertz CT molecular complexity index is 225. The van der Waals surface area contributed by atoms with E-state index in [4.69, 9.17) is 0 Å². The van der Waals surface area contributed by atoms with E-state index in [2.05, 4.69) is 36.8 Å². The molecule has 0 saturated heterocycles. The zero-order valence-electron chi connectivity index (χ0n) is 7.14. The van der Waals surface area contributed by atoms with E-state index in [9.17, 15) is 0 Å². The number of hydrogen-bond donors (Lipinski definition) is 1. The quantitative estimate of drug-likeness (QED) is 0.679. The molecule has 60 valence electrons. The molecule has 0 aromatic heterocycles. The minimum atomic E-state index is 1.25. The van der Waals surface area contributed by atoms with Gasteiger partial charge in [0.1, 0.15) is 0 Å². The Morgan fingerprint density at radius 1 is 1.18 bits per heavy atom. The molecular formula is C9H13NS. The zero-order valence-corrected chi connectivity index (χ0v) is 7.96. The molecule has 0 amide bonds. The normalized spacial score (nSPS) is 9.73. The molecule has 1 nitrogen and oxygen atoms in total. The first-order valence-electron chi connectivity index (χ1n) is 3.61. The molecule has 1 rings (SSSR count). The van der Waals surface area contributed by atoms with E-state index in [1.807, 2.05) is 6.26 Å². The summed E-state index contributed by atoms with van der Waals surface area (Å²) in [5, 5.41) is 0. The molecule has 0 saturated carbocycles. The van der Waals surface area contributed by atoms with Crippen LogP contribution in [0.5, 0.6) is 0 Å². The summed E-state index contributed by atoms with van der Waals surface area (Å²) < 4.78 is 3.26. The molecule has 11 heavy (non-hydrogen) atoms. The van der Waals surface area contributed by atoms with Gasteiger partial charge >= 0.3 is 0 Å². The van der Waals surface area contributed by atoms with Crippen molar-refractivity contribution in [2.45, 2.75) is 13.8 Å². The van der Waals surface area contributed by atoms with Crippen LogP contribution in [0.4, 0.5) is 5.69 Å². The van der Waals surface area contributed by atoms with Gasteiger partial charge in [-0.25, -0.2) is 0 Å². The minimum absolute atomic E-state index is 1.25. The van der Waals surface area contributed by atoms with Gasteiger partial charge in [0.25, 0.3) is 0 Å². The number of rotatable bonds is 2. The molecule has 0 unspecified atom stereocenters. The number of nitrogens with one attached hydrogen (secondary N) is 1. The first-order valence-corrected chi connectivity index (χ1v) is 4.83. The lowest BCUT2D eigenvalue weighted by atomic mass is 10.1. The van der Waals surface area contributed by atoms with Gasteiger partial charge in [-0.05, 0) is 25.0 Å². The lowest BCUT2D eigenvalue weighted by Gasteiger charge is -2.08. The lowest BCUT2D eigenvalue weighted by Crippen LogP contribution is -1.91. The Kier molecular flexibility index (Phi) is 2.83. The molecule has 0 bridgehead atoms. The molecule has 1 aromatic carbocycles. The van der Waals surface area contributed by atoms with Gasteiger partial charge < -0.3 is 4.72 Å². The lowest BCUT2D eigenvalue weighted by molar-refractivity contribution is 1.39. The van der Waals surface area contributed by atoms with E-state index in [1.165, 1.54) is 16.8 Å². The van der Waals surface area contributed by atoms with Crippen molar-refractivity contribution in [1.29, 1.82) is 0 Å². The highest BCUT2D eigenvalue weighted by Crippen LogP contribution is 2.21. The van der Waals surface area contributed by atoms with Crippen LogP contribution in [0.3, 0.4) is 0 Å². The van der Waals surface area contributed by atoms with Crippen LogP contribution in [0.15, 0.2) is 18.2 Å². The van der Waals surface area contributed by atoms with Crippen molar-refractivity contribution in [2.75, 3.05) is 11.0 Å². The van der Waals surface area contributed by atoms with Crippen molar-refractivity contribution in [3.05, 3.63) is 29.3 Å². The summed E-state index contributed by atoms with van der Waals surface area (Å²) in [6.07, 6.45) is 2.03. The number of aryl methyl sites for hydroxylation is 2. The molecule has 1 aromatic rings. The van der Waals surface area contributed by atoms with Gasteiger partial charge in [0.2, 0.25) is 0 Å². The second kappa shape index (κ2) is 3.67. The molecule has 0 fully saturated rings. The Hall–Kier alpha value is -0.630. The summed E-state index contributed by atoms with van der Waals surface area (Å²) in [4.78, 5) is 0. The number of benzene rings is 1. The minimum Gasteiger partial charge on any atom is -0.329 e. The van der Waals surface area contributed by atoms with Crippen LogP contribution in [0.2, 0.25) is 0 Å². The van der Waals surface area contributed by atoms with Gasteiger partial charge in [0.05, 0.1) is 0 Å². The summed E-state index contributed by atoms with van der Waals surface area (Å²) >= 11 is 1.63. The topological polar surface area (TPSA) is 12.0 Å². The third-order valence-electron chi connectivity index (χ3n) is 1.69. The van der Waals surface area contributed by atoms with Crippen molar-refractivity contribution in [3.63, 3.8) is 0 Å². The maximum Gasteiger partial charge on any atom is 0.0498 e. The Morgan fingerprint density at radius 2 is 1.73 bits per heavy atom. The summed E-state index contributed by atoms with van der Waals surface area (Å²) in [5.41, 5.74) is 3.86. The zero-order chi connectivity index (χ0) is 8.27. The van der Waals surface area contributed by atoms with Crippen LogP contribution >= 0.6 is 11.9 Å². The van der Waals surface area contributed by atoms with Gasteiger partial charge in [-0.2, -0.15) is 0 Å². The van der Waals surface area contributed by atoms with Gasteiger partial charge in [-0.1, -0.05) is 30.1 Å². The maximum absolute atomic E-state index is 3.26. The predicted octanol–water partition coefficient (Wildman–Crippen LogP) is 2.99. The molecule has 0 aliphatic carbocycles. The highest BCUT2D eigenvalue weighted by Gasteiger charge is 1.98. The SMILES string of the molecule is CSNc1c(C)cccc1C. The first kappa shape index (κ1) is 8.47. The number of hydrogen-bond acceptors (Lipinski definition) is 2. The summed E-state index contributed by atoms with van der Waals surface area (Å²) in [7, 11) is 0. The fraction of sp³-hybridized carbons (Fsp3) is 0.333. The van der Waals surface area contributed by atoms with E-state index < -0.39 is 0 Å². The van der Waals surface area contributed by atoms with E-state index in [0.717, 1.165) is 0 Å². The van der Waals surface area contributed by atoms with Crippen molar-refractivity contribution in [2.24, 2.45) is 0 Å². The van der Waals surface area contributed by atoms with Gasteiger partial charge in [0.15, 0.2) is 0 Å². The third-order valence-corrected chi connectivity index (χ3v) is 2.09. The molecule has 0 aliphatic rings.